The van der Waals surface area contributed by atoms with Crippen molar-refractivity contribution in [3.05, 3.63) is 60.0 Å². The van der Waals surface area contributed by atoms with Crippen LogP contribution in [0.25, 0.3) is 10.9 Å². The molecule has 8 nitrogen and oxygen atoms in total. The van der Waals surface area contributed by atoms with E-state index in [2.05, 4.69) is 37.0 Å². The first kappa shape index (κ1) is 28.1. The van der Waals surface area contributed by atoms with Gasteiger partial charge in [-0.15, -0.1) is 0 Å². The van der Waals surface area contributed by atoms with Crippen LogP contribution in [0.2, 0.25) is 5.02 Å². The van der Waals surface area contributed by atoms with E-state index < -0.39 is 17.5 Å². The molecule has 0 aliphatic carbocycles. The molecule has 0 radical (unpaired) electrons. The van der Waals surface area contributed by atoms with Crippen LogP contribution in [-0.2, 0) is 14.9 Å². The molecule has 3 aromatic rings. The molecule has 11 heteroatoms. The van der Waals surface area contributed by atoms with Crippen LogP contribution in [0.5, 0.6) is 11.5 Å². The summed E-state index contributed by atoms with van der Waals surface area (Å²) in [6, 6.07) is 6.99. The third-order valence-electron chi connectivity index (χ3n) is 5.08. The number of carbonyl (C=O) groups excluding carboxylic acids is 1. The Morgan fingerprint density at radius 3 is 2.58 bits per heavy atom. The lowest BCUT2D eigenvalue weighted by Gasteiger charge is -2.21. The molecule has 0 saturated heterocycles. The van der Waals surface area contributed by atoms with Gasteiger partial charge in [0.25, 0.3) is 5.56 Å². The zero-order chi connectivity index (χ0) is 26.8. The molecule has 0 fully saturated rings. The summed E-state index contributed by atoms with van der Waals surface area (Å²) in [6.45, 7) is 9.37. The van der Waals surface area contributed by atoms with Crippen LogP contribution in [-0.4, -0.2) is 41.7 Å². The number of benzene rings is 2. The lowest BCUT2D eigenvalue weighted by molar-refractivity contribution is -0.150. The Morgan fingerprint density at radius 1 is 1.28 bits per heavy atom. The molecule has 36 heavy (non-hydrogen) atoms. The highest BCUT2D eigenvalue weighted by atomic mass is 79.9. The van der Waals surface area contributed by atoms with Gasteiger partial charge in [-0.05, 0) is 54.0 Å². The Kier molecular flexibility index (Phi) is 8.84. The summed E-state index contributed by atoms with van der Waals surface area (Å²) in [5.41, 5.74) is 0.335. The Balaban J connectivity index is 2.12. The van der Waals surface area contributed by atoms with Crippen molar-refractivity contribution >= 4 is 66.5 Å². The van der Waals surface area contributed by atoms with E-state index in [1.165, 1.54) is 18.0 Å². The molecule has 0 unspecified atom stereocenters. The van der Waals surface area contributed by atoms with Gasteiger partial charge in [-0.3, -0.25) is 4.79 Å². The first-order valence-electron chi connectivity index (χ1n) is 11.1. The van der Waals surface area contributed by atoms with Crippen molar-refractivity contribution < 1.29 is 19.0 Å². The molecule has 1 aromatic heterocycles. The third kappa shape index (κ3) is 5.92. The normalized spacial score (nSPS) is 12.7. The van der Waals surface area contributed by atoms with E-state index in [0.29, 0.717) is 26.8 Å². The van der Waals surface area contributed by atoms with Gasteiger partial charge in [0.15, 0.2) is 17.6 Å². The number of nitrogens with zero attached hydrogens (tertiary/aromatic N) is 3. The fraction of sp³-hybridized carbons (Fsp3) is 0.360. The second kappa shape index (κ2) is 11.3. The number of hydrogen-bond acceptors (Lipinski definition) is 7. The second-order valence-corrected chi connectivity index (χ2v) is 10.9. The number of hydrogen-bond donors (Lipinski definition) is 0. The van der Waals surface area contributed by atoms with Crippen molar-refractivity contribution in [1.29, 1.82) is 0 Å². The number of halogens is 3. The highest BCUT2D eigenvalue weighted by Crippen LogP contribution is 2.42. The Morgan fingerprint density at radius 2 is 1.97 bits per heavy atom. The first-order valence-corrected chi connectivity index (χ1v) is 13.0. The number of rotatable bonds is 7. The van der Waals surface area contributed by atoms with Gasteiger partial charge in [0, 0.05) is 19.9 Å². The molecule has 0 aliphatic rings. The van der Waals surface area contributed by atoms with Crippen molar-refractivity contribution in [3.8, 4) is 11.5 Å². The smallest absolute Gasteiger partial charge is 0.347 e. The summed E-state index contributed by atoms with van der Waals surface area (Å²) >= 11 is 13.4. The molecule has 1 heterocycles. The van der Waals surface area contributed by atoms with Gasteiger partial charge in [0.05, 0.1) is 30.8 Å². The van der Waals surface area contributed by atoms with Gasteiger partial charge in [-0.2, -0.15) is 9.78 Å². The number of esters is 1. The van der Waals surface area contributed by atoms with Gasteiger partial charge < -0.3 is 14.2 Å². The maximum absolute atomic E-state index is 13.4. The van der Waals surface area contributed by atoms with Crippen LogP contribution in [0, 0.1) is 0 Å². The van der Waals surface area contributed by atoms with E-state index in [-0.39, 0.29) is 28.7 Å². The fourth-order valence-electron chi connectivity index (χ4n) is 3.31. The fourth-order valence-corrected chi connectivity index (χ4v) is 4.31. The zero-order valence-electron chi connectivity index (χ0n) is 20.7. The second-order valence-electron chi connectivity index (χ2n) is 8.85. The average Bonchev–Trinajstić information content (AvgIpc) is 2.82. The predicted octanol–water partition coefficient (Wildman–Crippen LogP) is 6.09. The van der Waals surface area contributed by atoms with Gasteiger partial charge in [0.2, 0.25) is 0 Å². The van der Waals surface area contributed by atoms with Crippen LogP contribution in [0.1, 0.15) is 46.0 Å². The minimum Gasteiger partial charge on any atom is -0.493 e. The van der Waals surface area contributed by atoms with E-state index in [1.807, 2.05) is 26.8 Å². The Bertz CT molecular complexity index is 1400. The number of ether oxygens (including phenoxy) is 3. The number of aromatic nitrogens is 2. The summed E-state index contributed by atoms with van der Waals surface area (Å²) < 4.78 is 18.7. The molecule has 0 saturated carbocycles. The summed E-state index contributed by atoms with van der Waals surface area (Å²) in [6.07, 6.45) is 0.581. The summed E-state index contributed by atoms with van der Waals surface area (Å²) in [5.74, 6) is 0.427. The third-order valence-corrected chi connectivity index (χ3v) is 7.02. The van der Waals surface area contributed by atoms with Gasteiger partial charge in [-0.25, -0.2) is 9.78 Å². The summed E-state index contributed by atoms with van der Waals surface area (Å²) in [7, 11) is 1.45. The van der Waals surface area contributed by atoms with E-state index in [9.17, 15) is 9.59 Å². The lowest BCUT2D eigenvalue weighted by Crippen LogP contribution is -2.29. The molecule has 0 bridgehead atoms. The van der Waals surface area contributed by atoms with Crippen molar-refractivity contribution in [1.82, 2.24) is 9.66 Å². The monoisotopic (exact) mass is 641 g/mol. The van der Waals surface area contributed by atoms with Crippen molar-refractivity contribution in [2.75, 3.05) is 13.7 Å². The maximum Gasteiger partial charge on any atom is 0.347 e. The quantitative estimate of drug-likeness (QED) is 0.229. The summed E-state index contributed by atoms with van der Waals surface area (Å²) in [4.78, 5) is 30.1. The van der Waals surface area contributed by atoms with Gasteiger partial charge in [0.1, 0.15) is 10.8 Å². The zero-order valence-corrected chi connectivity index (χ0v) is 24.6. The SMILES string of the molecule is CCOC(=O)[C@@H](C)Oc1c(OC)cc(C=Nn2c(C(C)(C)C)nc3ccc(Br)cc3c2=O)c(Br)c1Cl. The Labute approximate surface area is 230 Å². The average molecular weight is 644 g/mol. The highest BCUT2D eigenvalue weighted by Gasteiger charge is 2.25. The Hall–Kier alpha value is -2.43. The number of carbonyl (C=O) groups is 1. The molecule has 0 N–H and O–H groups in total. The number of fused-ring (bicyclic) bond motifs is 1. The minimum absolute atomic E-state index is 0.175. The maximum atomic E-state index is 13.4. The van der Waals surface area contributed by atoms with Crippen LogP contribution in [0.15, 0.2) is 43.1 Å². The predicted molar refractivity (Wildman–Crippen MR) is 148 cm³/mol. The van der Waals surface area contributed by atoms with Crippen molar-refractivity contribution in [2.24, 2.45) is 5.10 Å². The molecule has 192 valence electrons. The molecular weight excluding hydrogens is 618 g/mol. The van der Waals surface area contributed by atoms with E-state index >= 15 is 0 Å². The molecular formula is C25H26Br2ClN3O5. The van der Waals surface area contributed by atoms with Crippen LogP contribution in [0.3, 0.4) is 0 Å². The topological polar surface area (TPSA) is 92.0 Å². The standard InChI is InChI=1S/C25H26Br2ClN3O5/c1-7-35-23(33)13(2)36-21-18(34-6)10-14(19(27)20(21)28)12-29-31-22(32)16-11-15(26)8-9-17(16)30-24(31)25(3,4)5/h8-13H,7H2,1-6H3/t13-/m1/s1. The lowest BCUT2D eigenvalue weighted by atomic mass is 9.95. The molecule has 0 amide bonds. The molecule has 3 rings (SSSR count). The summed E-state index contributed by atoms with van der Waals surface area (Å²) in [5, 5.41) is 5.09. The van der Waals surface area contributed by atoms with Crippen LogP contribution in [0.4, 0.5) is 0 Å². The van der Waals surface area contributed by atoms with Crippen molar-refractivity contribution in [3.63, 3.8) is 0 Å². The van der Waals surface area contributed by atoms with E-state index in [0.717, 1.165) is 4.47 Å². The highest BCUT2D eigenvalue weighted by molar-refractivity contribution is 9.10. The molecule has 1 atom stereocenters. The minimum atomic E-state index is -0.904. The molecule has 0 spiro atoms. The van der Waals surface area contributed by atoms with Crippen molar-refractivity contribution in [2.45, 2.75) is 46.1 Å². The van der Waals surface area contributed by atoms with Gasteiger partial charge >= 0.3 is 5.97 Å². The number of methoxy groups -OCH3 is 1. The van der Waals surface area contributed by atoms with Gasteiger partial charge in [-0.1, -0.05) is 48.3 Å². The largest absolute Gasteiger partial charge is 0.493 e. The van der Waals surface area contributed by atoms with E-state index in [4.69, 9.17) is 30.8 Å². The molecule has 0 aliphatic heterocycles. The van der Waals surface area contributed by atoms with E-state index in [1.54, 1.807) is 32.0 Å². The van der Waals surface area contributed by atoms with Crippen LogP contribution >= 0.6 is 43.5 Å². The first-order chi connectivity index (χ1) is 16.9. The molecule has 2 aromatic carbocycles. The van der Waals surface area contributed by atoms with Crippen LogP contribution < -0.4 is 15.0 Å².